The largest absolute Gasteiger partial charge is 0.474 e. The molecule has 3 heterocycles. The lowest BCUT2D eigenvalue weighted by Gasteiger charge is -2.31. The van der Waals surface area contributed by atoms with E-state index in [1.807, 2.05) is 27.7 Å². The molecule has 36 heavy (non-hydrogen) atoms. The van der Waals surface area contributed by atoms with Crippen molar-refractivity contribution in [2.24, 2.45) is 0 Å². The topological polar surface area (TPSA) is 124 Å². The molecule has 0 atom stereocenters. The molecule has 0 N–H and O–H groups in total. The molecule has 0 aromatic carbocycles. The first-order valence-electron chi connectivity index (χ1n) is 11.9. The number of carbonyl (C=O) groups is 1. The van der Waals surface area contributed by atoms with Gasteiger partial charge in [0.05, 0.1) is 23.1 Å². The number of pyridine rings is 1. The molecule has 1 aliphatic rings. The van der Waals surface area contributed by atoms with Gasteiger partial charge < -0.3 is 24.0 Å². The second-order valence-electron chi connectivity index (χ2n) is 9.25. The van der Waals surface area contributed by atoms with Gasteiger partial charge in [-0.05, 0) is 39.8 Å². The average Bonchev–Trinajstić information content (AvgIpc) is 2.80. The SMILES string of the molecule is Cc1nc(N(C)CCS(C)(=O)=O)ccc1Oc1ncnc(OC2CCN(C(=O)OC(C)C)CC2)c1C. The van der Waals surface area contributed by atoms with Gasteiger partial charge in [-0.25, -0.2) is 28.2 Å². The van der Waals surface area contributed by atoms with E-state index in [-0.39, 0.29) is 24.1 Å². The Bertz CT molecular complexity index is 1170. The molecule has 1 amide bonds. The number of hydrogen-bond donors (Lipinski definition) is 0. The van der Waals surface area contributed by atoms with Crippen molar-refractivity contribution in [3.63, 3.8) is 0 Å². The molecule has 1 aliphatic heterocycles. The van der Waals surface area contributed by atoms with E-state index in [9.17, 15) is 13.2 Å². The van der Waals surface area contributed by atoms with Crippen molar-refractivity contribution in [1.82, 2.24) is 19.9 Å². The van der Waals surface area contributed by atoms with Crippen LogP contribution in [0.5, 0.6) is 17.5 Å². The third kappa shape index (κ3) is 7.67. The van der Waals surface area contributed by atoms with Crippen molar-refractivity contribution in [3.8, 4) is 17.5 Å². The van der Waals surface area contributed by atoms with Crippen molar-refractivity contribution in [3.05, 3.63) is 29.7 Å². The summed E-state index contributed by atoms with van der Waals surface area (Å²) < 4.78 is 40.3. The van der Waals surface area contributed by atoms with Crippen LogP contribution in [0.1, 0.15) is 37.9 Å². The summed E-state index contributed by atoms with van der Waals surface area (Å²) in [6, 6.07) is 3.55. The number of sulfone groups is 1. The van der Waals surface area contributed by atoms with Gasteiger partial charge in [0.15, 0.2) is 5.75 Å². The molecule has 2 aromatic heterocycles. The molecule has 0 radical (unpaired) electrons. The zero-order valence-electron chi connectivity index (χ0n) is 21.7. The predicted molar refractivity (Wildman–Crippen MR) is 136 cm³/mol. The number of piperidine rings is 1. The number of rotatable bonds is 9. The van der Waals surface area contributed by atoms with Crippen molar-refractivity contribution in [2.75, 3.05) is 43.6 Å². The maximum Gasteiger partial charge on any atom is 0.410 e. The van der Waals surface area contributed by atoms with E-state index >= 15 is 0 Å². The smallest absolute Gasteiger partial charge is 0.410 e. The van der Waals surface area contributed by atoms with Crippen LogP contribution in [0.25, 0.3) is 0 Å². The maximum atomic E-state index is 12.1. The number of ether oxygens (including phenoxy) is 3. The zero-order chi connectivity index (χ0) is 26.5. The standard InChI is InChI=1S/C24H35N5O6S/c1-16(2)33-24(30)29-11-9-19(10-12-29)34-22-17(3)23(26-15-25-22)35-20-7-8-21(27-18(20)4)28(5)13-14-36(6,31)32/h7-8,15-16,19H,9-14H2,1-6H3. The Kier molecular flexibility index (Phi) is 8.93. The van der Waals surface area contributed by atoms with Crippen LogP contribution in [0.2, 0.25) is 0 Å². The van der Waals surface area contributed by atoms with E-state index in [0.29, 0.717) is 67.1 Å². The van der Waals surface area contributed by atoms with Crippen LogP contribution in [0.15, 0.2) is 18.5 Å². The molecule has 1 fully saturated rings. The highest BCUT2D eigenvalue weighted by atomic mass is 32.2. The van der Waals surface area contributed by atoms with Gasteiger partial charge in [-0.2, -0.15) is 0 Å². The van der Waals surface area contributed by atoms with Crippen LogP contribution in [0.4, 0.5) is 10.6 Å². The number of hydrogen-bond acceptors (Lipinski definition) is 10. The molecular formula is C24H35N5O6S. The summed E-state index contributed by atoms with van der Waals surface area (Å²) in [5.74, 6) is 2.02. The van der Waals surface area contributed by atoms with E-state index in [4.69, 9.17) is 14.2 Å². The van der Waals surface area contributed by atoms with Crippen LogP contribution in [0.3, 0.4) is 0 Å². The monoisotopic (exact) mass is 521 g/mol. The number of aryl methyl sites for hydroxylation is 1. The number of aromatic nitrogens is 3. The molecule has 0 aliphatic carbocycles. The minimum Gasteiger partial charge on any atom is -0.474 e. The number of anilines is 1. The Balaban J connectivity index is 1.62. The van der Waals surface area contributed by atoms with Gasteiger partial charge in [-0.1, -0.05) is 0 Å². The molecule has 0 unspecified atom stereocenters. The Labute approximate surface area is 212 Å². The summed E-state index contributed by atoms with van der Waals surface area (Å²) >= 11 is 0. The highest BCUT2D eigenvalue weighted by Gasteiger charge is 2.26. The third-order valence-corrected chi connectivity index (χ3v) is 6.65. The lowest BCUT2D eigenvalue weighted by atomic mass is 10.1. The van der Waals surface area contributed by atoms with Crippen LogP contribution < -0.4 is 14.4 Å². The first kappa shape index (κ1) is 27.4. The van der Waals surface area contributed by atoms with Crippen molar-refractivity contribution in [2.45, 2.75) is 52.7 Å². The number of likely N-dealkylation sites (tertiary alicyclic amines) is 1. The Morgan fingerprint density at radius 1 is 1.17 bits per heavy atom. The van der Waals surface area contributed by atoms with Gasteiger partial charge in [0.2, 0.25) is 11.8 Å². The van der Waals surface area contributed by atoms with Crippen molar-refractivity contribution < 1.29 is 27.4 Å². The summed E-state index contributed by atoms with van der Waals surface area (Å²) in [6.07, 6.45) is 3.42. The molecule has 2 aromatic rings. The molecular weight excluding hydrogens is 486 g/mol. The number of nitrogens with zero attached hydrogens (tertiary/aromatic N) is 5. The van der Waals surface area contributed by atoms with E-state index < -0.39 is 9.84 Å². The minimum atomic E-state index is -3.06. The van der Waals surface area contributed by atoms with Crippen molar-refractivity contribution in [1.29, 1.82) is 0 Å². The Morgan fingerprint density at radius 3 is 2.44 bits per heavy atom. The molecule has 3 rings (SSSR count). The van der Waals surface area contributed by atoms with E-state index in [2.05, 4.69) is 15.0 Å². The molecule has 0 spiro atoms. The van der Waals surface area contributed by atoms with Gasteiger partial charge >= 0.3 is 6.09 Å². The zero-order valence-corrected chi connectivity index (χ0v) is 22.5. The summed E-state index contributed by atoms with van der Waals surface area (Å²) in [4.78, 5) is 28.7. The minimum absolute atomic E-state index is 0.0481. The van der Waals surface area contributed by atoms with E-state index in [0.717, 1.165) is 0 Å². The number of amides is 1. The second kappa shape index (κ2) is 11.7. The highest BCUT2D eigenvalue weighted by molar-refractivity contribution is 7.90. The summed E-state index contributed by atoms with van der Waals surface area (Å²) in [6.45, 7) is 8.76. The summed E-state index contributed by atoms with van der Waals surface area (Å²) in [7, 11) is -1.27. The Morgan fingerprint density at radius 2 is 1.83 bits per heavy atom. The summed E-state index contributed by atoms with van der Waals surface area (Å²) in [5, 5.41) is 0. The molecule has 1 saturated heterocycles. The fourth-order valence-corrected chi connectivity index (χ4v) is 4.21. The van der Waals surface area contributed by atoms with Gasteiger partial charge in [0.1, 0.15) is 28.1 Å². The van der Waals surface area contributed by atoms with Gasteiger partial charge in [-0.15, -0.1) is 0 Å². The third-order valence-electron chi connectivity index (χ3n) is 5.72. The quantitative estimate of drug-likeness (QED) is 0.486. The molecule has 11 nitrogen and oxygen atoms in total. The molecule has 198 valence electrons. The van der Waals surface area contributed by atoms with Crippen LogP contribution in [-0.2, 0) is 14.6 Å². The van der Waals surface area contributed by atoms with Crippen molar-refractivity contribution >= 4 is 21.7 Å². The maximum absolute atomic E-state index is 12.1. The van der Waals surface area contributed by atoms with Gasteiger partial charge in [-0.3, -0.25) is 0 Å². The average molecular weight is 522 g/mol. The van der Waals surface area contributed by atoms with E-state index in [1.54, 1.807) is 29.0 Å². The highest BCUT2D eigenvalue weighted by Crippen LogP contribution is 2.31. The normalized spacial score (nSPS) is 14.6. The lowest BCUT2D eigenvalue weighted by molar-refractivity contribution is 0.0505. The Hall–Kier alpha value is -3.15. The van der Waals surface area contributed by atoms with Gasteiger partial charge in [0, 0.05) is 45.8 Å². The molecule has 12 heteroatoms. The van der Waals surface area contributed by atoms with E-state index in [1.165, 1.54) is 12.6 Å². The number of carbonyl (C=O) groups excluding carboxylic acids is 1. The first-order valence-corrected chi connectivity index (χ1v) is 14.0. The van der Waals surface area contributed by atoms with Gasteiger partial charge in [0.25, 0.3) is 0 Å². The van der Waals surface area contributed by atoms with Crippen LogP contribution in [0, 0.1) is 13.8 Å². The second-order valence-corrected chi connectivity index (χ2v) is 11.5. The molecule has 0 bridgehead atoms. The van der Waals surface area contributed by atoms with Crippen LogP contribution in [-0.4, -0.2) is 85.3 Å². The van der Waals surface area contributed by atoms with Crippen LogP contribution >= 0.6 is 0 Å². The lowest BCUT2D eigenvalue weighted by Crippen LogP contribution is -2.42. The molecule has 0 saturated carbocycles. The fraction of sp³-hybridized carbons (Fsp3) is 0.583. The predicted octanol–water partition coefficient (Wildman–Crippen LogP) is 3.15. The fourth-order valence-electron chi connectivity index (χ4n) is 3.61. The summed E-state index contributed by atoms with van der Waals surface area (Å²) in [5.41, 5.74) is 1.30. The first-order chi connectivity index (χ1) is 16.9.